The largest absolute Gasteiger partial charge is 0.488 e. The van der Waals surface area contributed by atoms with Gasteiger partial charge in [0, 0.05) is 18.7 Å². The first kappa shape index (κ1) is 12.3. The lowest BCUT2D eigenvalue weighted by atomic mass is 10.1. The highest BCUT2D eigenvalue weighted by molar-refractivity contribution is 5.78. The number of hydrogen-bond donors (Lipinski definition) is 1. The molecule has 2 N–H and O–H groups in total. The zero-order valence-corrected chi connectivity index (χ0v) is 11.1. The van der Waals surface area contributed by atoms with Gasteiger partial charge in [-0.05, 0) is 13.0 Å². The first-order valence-corrected chi connectivity index (χ1v) is 6.67. The number of rotatable bonds is 1. The second-order valence-corrected chi connectivity index (χ2v) is 4.89. The molecule has 1 aromatic rings. The summed E-state index contributed by atoms with van der Waals surface area (Å²) in [6.07, 6.45) is 0.0250. The van der Waals surface area contributed by atoms with Gasteiger partial charge in [-0.2, -0.15) is 0 Å². The van der Waals surface area contributed by atoms with Crippen molar-refractivity contribution in [2.45, 2.75) is 19.1 Å². The van der Waals surface area contributed by atoms with Gasteiger partial charge in [-0.25, -0.2) is 4.99 Å². The van der Waals surface area contributed by atoms with Gasteiger partial charge in [0.1, 0.15) is 17.9 Å². The molecule has 2 atom stereocenters. The Bertz CT molecular complexity index is 483. The van der Waals surface area contributed by atoms with Crippen LogP contribution in [-0.2, 0) is 4.74 Å². The van der Waals surface area contributed by atoms with Crippen LogP contribution in [0.5, 0.6) is 5.75 Å². The van der Waals surface area contributed by atoms with Gasteiger partial charge in [0.15, 0.2) is 5.96 Å². The second kappa shape index (κ2) is 5.09. The van der Waals surface area contributed by atoms with Crippen molar-refractivity contribution >= 4 is 5.96 Å². The van der Waals surface area contributed by atoms with E-state index >= 15 is 0 Å². The summed E-state index contributed by atoms with van der Waals surface area (Å²) in [5, 5.41) is 0. The van der Waals surface area contributed by atoms with Crippen LogP contribution in [-0.4, -0.2) is 43.3 Å². The van der Waals surface area contributed by atoms with Crippen LogP contribution >= 0.6 is 0 Å². The molecule has 2 aliphatic rings. The lowest BCUT2D eigenvalue weighted by Crippen LogP contribution is -2.45. The highest BCUT2D eigenvalue weighted by Gasteiger charge is 2.31. The molecular weight excluding hydrogens is 242 g/mol. The number of nitrogens with two attached hydrogens (primary N) is 1. The molecule has 2 aliphatic heterocycles. The minimum Gasteiger partial charge on any atom is -0.488 e. The van der Waals surface area contributed by atoms with Crippen molar-refractivity contribution in [2.75, 3.05) is 26.3 Å². The molecule has 5 heteroatoms. The molecule has 2 heterocycles. The second-order valence-electron chi connectivity index (χ2n) is 4.89. The van der Waals surface area contributed by atoms with Crippen LogP contribution in [0.2, 0.25) is 0 Å². The van der Waals surface area contributed by atoms with Gasteiger partial charge in [-0.15, -0.1) is 0 Å². The number of nitrogens with zero attached hydrogens (tertiary/aromatic N) is 2. The minimum atomic E-state index is -0.0148. The van der Waals surface area contributed by atoms with Crippen molar-refractivity contribution in [3.05, 3.63) is 29.8 Å². The average Bonchev–Trinajstić information content (AvgIpc) is 2.76. The van der Waals surface area contributed by atoms with Gasteiger partial charge in [-0.3, -0.25) is 0 Å². The molecule has 0 saturated carbocycles. The van der Waals surface area contributed by atoms with Crippen molar-refractivity contribution in [1.82, 2.24) is 4.90 Å². The van der Waals surface area contributed by atoms with Crippen LogP contribution in [0.3, 0.4) is 0 Å². The Kier molecular flexibility index (Phi) is 3.29. The SMILES string of the molecule is CC1Oc2ccccc2C1N=C(N)N1CCOCC1. The Balaban J connectivity index is 1.82. The Morgan fingerprint density at radius 1 is 1.32 bits per heavy atom. The minimum absolute atomic E-state index is 0.0148. The van der Waals surface area contributed by atoms with E-state index in [1.165, 1.54) is 0 Å². The van der Waals surface area contributed by atoms with E-state index < -0.39 is 0 Å². The smallest absolute Gasteiger partial charge is 0.192 e. The maximum absolute atomic E-state index is 6.11. The molecule has 1 fully saturated rings. The predicted molar refractivity (Wildman–Crippen MR) is 73.3 cm³/mol. The van der Waals surface area contributed by atoms with Gasteiger partial charge in [0.2, 0.25) is 0 Å². The number of ether oxygens (including phenoxy) is 2. The average molecular weight is 261 g/mol. The van der Waals surface area contributed by atoms with Crippen molar-refractivity contribution in [1.29, 1.82) is 0 Å². The van der Waals surface area contributed by atoms with Crippen molar-refractivity contribution in [3.8, 4) is 5.75 Å². The first-order chi connectivity index (χ1) is 9.25. The molecule has 3 rings (SSSR count). The molecular formula is C14H19N3O2. The molecule has 102 valence electrons. The maximum atomic E-state index is 6.11. The number of guanidine groups is 1. The summed E-state index contributed by atoms with van der Waals surface area (Å²) >= 11 is 0. The summed E-state index contributed by atoms with van der Waals surface area (Å²) in [7, 11) is 0. The standard InChI is InChI=1S/C14H19N3O2/c1-10-13(11-4-2-3-5-12(11)19-10)16-14(15)17-6-8-18-9-7-17/h2-5,10,13H,6-9H2,1H3,(H2,15,16). The van der Waals surface area contributed by atoms with Gasteiger partial charge in [0.25, 0.3) is 0 Å². The zero-order chi connectivity index (χ0) is 13.2. The summed E-state index contributed by atoms with van der Waals surface area (Å²) in [6.45, 7) is 5.06. The molecule has 1 saturated heterocycles. The topological polar surface area (TPSA) is 60.1 Å². The quantitative estimate of drug-likeness (QED) is 0.608. The number of benzene rings is 1. The van der Waals surface area contributed by atoms with Crippen molar-refractivity contribution in [2.24, 2.45) is 10.7 Å². The van der Waals surface area contributed by atoms with Gasteiger partial charge in [-0.1, -0.05) is 18.2 Å². The molecule has 0 aliphatic carbocycles. The van der Waals surface area contributed by atoms with E-state index in [9.17, 15) is 0 Å². The van der Waals surface area contributed by atoms with E-state index in [4.69, 9.17) is 15.2 Å². The number of para-hydroxylation sites is 1. The molecule has 2 unspecified atom stereocenters. The Morgan fingerprint density at radius 2 is 2.05 bits per heavy atom. The van der Waals surface area contributed by atoms with Crippen LogP contribution in [0.1, 0.15) is 18.5 Å². The highest BCUT2D eigenvalue weighted by atomic mass is 16.5. The van der Waals surface area contributed by atoms with Crippen LogP contribution in [0.15, 0.2) is 29.3 Å². The molecule has 0 spiro atoms. The Labute approximate surface area is 113 Å². The molecule has 19 heavy (non-hydrogen) atoms. The van der Waals surface area contributed by atoms with E-state index in [2.05, 4.69) is 16.0 Å². The van der Waals surface area contributed by atoms with E-state index in [0.717, 1.165) is 24.4 Å². The monoisotopic (exact) mass is 261 g/mol. The fourth-order valence-electron chi connectivity index (χ4n) is 2.54. The summed E-state index contributed by atoms with van der Waals surface area (Å²) < 4.78 is 11.1. The van der Waals surface area contributed by atoms with Crippen LogP contribution in [0, 0.1) is 0 Å². The lowest BCUT2D eigenvalue weighted by Gasteiger charge is -2.28. The summed E-state index contributed by atoms with van der Waals surface area (Å²) in [4.78, 5) is 6.73. The van der Waals surface area contributed by atoms with E-state index in [1.807, 2.05) is 25.1 Å². The molecule has 5 nitrogen and oxygen atoms in total. The first-order valence-electron chi connectivity index (χ1n) is 6.67. The third kappa shape index (κ3) is 2.38. The number of hydrogen-bond acceptors (Lipinski definition) is 3. The fourth-order valence-corrected chi connectivity index (χ4v) is 2.54. The predicted octanol–water partition coefficient (Wildman–Crippen LogP) is 1.16. The normalized spacial score (nSPS) is 27.0. The molecule has 0 bridgehead atoms. The van der Waals surface area contributed by atoms with E-state index in [0.29, 0.717) is 19.2 Å². The maximum Gasteiger partial charge on any atom is 0.192 e. The summed E-state index contributed by atoms with van der Waals surface area (Å²) in [5.74, 6) is 1.50. The van der Waals surface area contributed by atoms with E-state index in [-0.39, 0.29) is 12.1 Å². The third-order valence-corrected chi connectivity index (χ3v) is 3.60. The van der Waals surface area contributed by atoms with Crippen LogP contribution in [0.25, 0.3) is 0 Å². The van der Waals surface area contributed by atoms with E-state index in [1.54, 1.807) is 0 Å². The van der Waals surface area contributed by atoms with Crippen molar-refractivity contribution < 1.29 is 9.47 Å². The number of fused-ring (bicyclic) bond motifs is 1. The Hall–Kier alpha value is -1.75. The summed E-state index contributed by atoms with van der Waals surface area (Å²) in [5.41, 5.74) is 7.23. The number of aliphatic imine (C=N–C) groups is 1. The molecule has 0 amide bonds. The van der Waals surface area contributed by atoms with Gasteiger partial charge >= 0.3 is 0 Å². The fraction of sp³-hybridized carbons (Fsp3) is 0.500. The molecule has 0 radical (unpaired) electrons. The van der Waals surface area contributed by atoms with Crippen LogP contribution < -0.4 is 10.5 Å². The molecule has 1 aromatic carbocycles. The zero-order valence-electron chi connectivity index (χ0n) is 11.1. The van der Waals surface area contributed by atoms with Crippen LogP contribution in [0.4, 0.5) is 0 Å². The van der Waals surface area contributed by atoms with Gasteiger partial charge < -0.3 is 20.1 Å². The Morgan fingerprint density at radius 3 is 2.84 bits per heavy atom. The van der Waals surface area contributed by atoms with Crippen molar-refractivity contribution in [3.63, 3.8) is 0 Å². The molecule has 0 aromatic heterocycles. The summed E-state index contributed by atoms with van der Waals surface area (Å²) in [6, 6.07) is 8.00. The number of morpholine rings is 1. The van der Waals surface area contributed by atoms with Gasteiger partial charge in [0.05, 0.1) is 13.2 Å². The lowest BCUT2D eigenvalue weighted by molar-refractivity contribution is 0.0671. The third-order valence-electron chi connectivity index (χ3n) is 3.60. The highest BCUT2D eigenvalue weighted by Crippen LogP contribution is 2.38.